The Morgan fingerprint density at radius 3 is 1.81 bits per heavy atom. The maximum absolute atomic E-state index is 13.8. The van der Waals surface area contributed by atoms with Gasteiger partial charge in [-0.15, -0.1) is 0 Å². The summed E-state index contributed by atoms with van der Waals surface area (Å²) in [7, 11) is -7.89. The highest BCUT2D eigenvalue weighted by molar-refractivity contribution is 7.89. The Kier molecular flexibility index (Phi) is 5.11. The molecule has 0 spiro atoms. The normalized spacial score (nSPS) is 17.3. The zero-order valence-corrected chi connectivity index (χ0v) is 15.2. The van der Waals surface area contributed by atoms with Crippen LogP contribution in [-0.4, -0.2) is 51.6 Å². The number of rotatable bonds is 4. The highest BCUT2D eigenvalue weighted by Gasteiger charge is 2.34. The number of hydrogen-bond donors (Lipinski definition) is 0. The molecule has 2 aromatic rings. The molecule has 3 rings (SSSR count). The largest absolute Gasteiger partial charge is 0.246 e. The van der Waals surface area contributed by atoms with Gasteiger partial charge in [-0.25, -0.2) is 25.6 Å². The Morgan fingerprint density at radius 1 is 0.731 bits per heavy atom. The zero-order valence-electron chi connectivity index (χ0n) is 13.5. The summed E-state index contributed by atoms with van der Waals surface area (Å²) in [5.41, 5.74) is 0. The molecule has 1 aliphatic rings. The Morgan fingerprint density at radius 2 is 1.27 bits per heavy atom. The van der Waals surface area contributed by atoms with E-state index >= 15 is 0 Å². The van der Waals surface area contributed by atoms with Crippen LogP contribution in [0.3, 0.4) is 0 Å². The zero-order chi connectivity index (χ0) is 18.9. The van der Waals surface area contributed by atoms with Gasteiger partial charge in [0.1, 0.15) is 16.5 Å². The molecule has 0 bridgehead atoms. The van der Waals surface area contributed by atoms with Gasteiger partial charge < -0.3 is 0 Å². The molecule has 0 radical (unpaired) electrons. The Hall–Kier alpha value is -1.88. The molecule has 0 amide bonds. The van der Waals surface area contributed by atoms with Crippen LogP contribution in [0.4, 0.5) is 8.78 Å². The second-order valence-electron chi connectivity index (χ2n) is 5.70. The molecule has 26 heavy (non-hydrogen) atoms. The standard InChI is InChI=1S/C16H16F2N2O4S2/c17-13-6-7-16(15(18)12-13)26(23,24)20-10-8-19(9-11-20)25(21,22)14-4-2-1-3-5-14/h1-7,12H,8-11H2. The Bertz CT molecular complexity index is 1000. The summed E-state index contributed by atoms with van der Waals surface area (Å²) in [5.74, 6) is -2.05. The molecule has 0 unspecified atom stereocenters. The van der Waals surface area contributed by atoms with Crippen LogP contribution < -0.4 is 0 Å². The van der Waals surface area contributed by atoms with Crippen LogP contribution >= 0.6 is 0 Å². The Labute approximate surface area is 150 Å². The van der Waals surface area contributed by atoms with Crippen molar-refractivity contribution in [2.75, 3.05) is 26.2 Å². The summed E-state index contributed by atoms with van der Waals surface area (Å²) in [5, 5.41) is 0. The van der Waals surface area contributed by atoms with Crippen molar-refractivity contribution in [1.29, 1.82) is 0 Å². The number of hydrogen-bond acceptors (Lipinski definition) is 4. The van der Waals surface area contributed by atoms with E-state index in [4.69, 9.17) is 0 Å². The van der Waals surface area contributed by atoms with Crippen LogP contribution in [0.5, 0.6) is 0 Å². The first-order chi connectivity index (χ1) is 12.2. The minimum Gasteiger partial charge on any atom is -0.207 e. The lowest BCUT2D eigenvalue weighted by Gasteiger charge is -2.33. The van der Waals surface area contributed by atoms with E-state index < -0.39 is 36.6 Å². The molecule has 6 nitrogen and oxygen atoms in total. The smallest absolute Gasteiger partial charge is 0.207 e. The molecule has 1 aliphatic heterocycles. The molecule has 140 valence electrons. The van der Waals surface area contributed by atoms with E-state index in [0.29, 0.717) is 6.07 Å². The molecule has 1 saturated heterocycles. The van der Waals surface area contributed by atoms with Gasteiger partial charge >= 0.3 is 0 Å². The van der Waals surface area contributed by atoms with Crippen molar-refractivity contribution in [2.24, 2.45) is 0 Å². The maximum Gasteiger partial charge on any atom is 0.246 e. The summed E-state index contributed by atoms with van der Waals surface area (Å²) in [6.07, 6.45) is 0. The van der Waals surface area contributed by atoms with Crippen LogP contribution in [0.2, 0.25) is 0 Å². The molecule has 0 aliphatic carbocycles. The number of halogens is 2. The van der Waals surface area contributed by atoms with Crippen LogP contribution in [0, 0.1) is 11.6 Å². The summed E-state index contributed by atoms with van der Waals surface area (Å²) in [6, 6.07) is 10.1. The SMILES string of the molecule is O=S(=O)(c1ccccc1)N1CCN(S(=O)(=O)c2ccc(F)cc2F)CC1. The first kappa shape index (κ1) is 18.9. The highest BCUT2D eigenvalue weighted by atomic mass is 32.2. The van der Waals surface area contributed by atoms with Crippen molar-refractivity contribution in [3.05, 3.63) is 60.2 Å². The molecule has 0 aromatic heterocycles. The fourth-order valence-corrected chi connectivity index (χ4v) is 5.63. The minimum absolute atomic E-state index is 0.0563. The number of piperazine rings is 1. The van der Waals surface area contributed by atoms with Gasteiger partial charge in [-0.3, -0.25) is 0 Å². The first-order valence-electron chi connectivity index (χ1n) is 7.73. The van der Waals surface area contributed by atoms with Gasteiger partial charge in [-0.05, 0) is 24.3 Å². The van der Waals surface area contributed by atoms with E-state index in [9.17, 15) is 25.6 Å². The third kappa shape index (κ3) is 3.50. The molecular weight excluding hydrogens is 386 g/mol. The van der Waals surface area contributed by atoms with Gasteiger partial charge in [0.2, 0.25) is 20.0 Å². The summed E-state index contributed by atoms with van der Waals surface area (Å²) < 4.78 is 79.2. The van der Waals surface area contributed by atoms with Crippen LogP contribution in [0.25, 0.3) is 0 Å². The van der Waals surface area contributed by atoms with Crippen molar-refractivity contribution >= 4 is 20.0 Å². The third-order valence-corrected chi connectivity index (χ3v) is 7.94. The van der Waals surface area contributed by atoms with E-state index in [-0.39, 0.29) is 31.1 Å². The lowest BCUT2D eigenvalue weighted by Crippen LogP contribution is -2.50. The average Bonchev–Trinajstić information content (AvgIpc) is 2.62. The second kappa shape index (κ2) is 7.03. The van der Waals surface area contributed by atoms with E-state index in [1.165, 1.54) is 16.4 Å². The quantitative estimate of drug-likeness (QED) is 0.780. The molecule has 10 heteroatoms. The van der Waals surface area contributed by atoms with Crippen molar-refractivity contribution in [3.8, 4) is 0 Å². The van der Waals surface area contributed by atoms with Gasteiger partial charge in [0.25, 0.3) is 0 Å². The summed E-state index contributed by atoms with van der Waals surface area (Å²) >= 11 is 0. The number of nitrogens with zero attached hydrogens (tertiary/aromatic N) is 2. The molecule has 0 saturated carbocycles. The van der Waals surface area contributed by atoms with E-state index in [1.807, 2.05) is 0 Å². The van der Waals surface area contributed by atoms with Gasteiger partial charge in [-0.1, -0.05) is 18.2 Å². The van der Waals surface area contributed by atoms with E-state index in [0.717, 1.165) is 16.4 Å². The second-order valence-corrected chi connectivity index (χ2v) is 9.54. The fourth-order valence-electron chi connectivity index (χ4n) is 2.72. The maximum atomic E-state index is 13.8. The van der Waals surface area contributed by atoms with Crippen LogP contribution in [-0.2, 0) is 20.0 Å². The number of benzene rings is 2. The molecular formula is C16H16F2N2O4S2. The van der Waals surface area contributed by atoms with E-state index in [1.54, 1.807) is 18.2 Å². The molecule has 0 N–H and O–H groups in total. The van der Waals surface area contributed by atoms with Crippen molar-refractivity contribution < 1.29 is 25.6 Å². The van der Waals surface area contributed by atoms with Crippen LogP contribution in [0.15, 0.2) is 58.3 Å². The molecule has 0 atom stereocenters. The molecule has 1 heterocycles. The van der Waals surface area contributed by atoms with Crippen molar-refractivity contribution in [2.45, 2.75) is 9.79 Å². The highest BCUT2D eigenvalue weighted by Crippen LogP contribution is 2.23. The summed E-state index contributed by atoms with van der Waals surface area (Å²) in [4.78, 5) is -0.501. The lowest BCUT2D eigenvalue weighted by atomic mass is 10.3. The monoisotopic (exact) mass is 402 g/mol. The predicted octanol–water partition coefficient (Wildman–Crippen LogP) is 1.66. The van der Waals surface area contributed by atoms with Gasteiger partial charge in [-0.2, -0.15) is 8.61 Å². The first-order valence-corrected chi connectivity index (χ1v) is 10.6. The van der Waals surface area contributed by atoms with E-state index in [2.05, 4.69) is 0 Å². The summed E-state index contributed by atoms with van der Waals surface area (Å²) in [6.45, 7) is -0.352. The van der Waals surface area contributed by atoms with Gasteiger partial charge in [0.05, 0.1) is 4.90 Å². The van der Waals surface area contributed by atoms with Gasteiger partial charge in [0.15, 0.2) is 0 Å². The van der Waals surface area contributed by atoms with Gasteiger partial charge in [0, 0.05) is 32.2 Å². The number of sulfonamides is 2. The third-order valence-electron chi connectivity index (χ3n) is 4.09. The molecule has 2 aromatic carbocycles. The fraction of sp³-hybridized carbons (Fsp3) is 0.250. The minimum atomic E-state index is -4.17. The molecule has 1 fully saturated rings. The van der Waals surface area contributed by atoms with Crippen molar-refractivity contribution in [3.63, 3.8) is 0 Å². The topological polar surface area (TPSA) is 74.8 Å². The lowest BCUT2D eigenvalue weighted by molar-refractivity contribution is 0.272. The average molecular weight is 402 g/mol. The van der Waals surface area contributed by atoms with Crippen molar-refractivity contribution in [1.82, 2.24) is 8.61 Å². The Balaban J connectivity index is 1.78. The van der Waals surface area contributed by atoms with Crippen LogP contribution in [0.1, 0.15) is 0 Å². The predicted molar refractivity (Wildman–Crippen MR) is 90.3 cm³/mol.